The lowest BCUT2D eigenvalue weighted by atomic mass is 9.96. The van der Waals surface area contributed by atoms with Gasteiger partial charge in [-0.15, -0.1) is 0 Å². The topological polar surface area (TPSA) is 194 Å². The molecule has 11 nitrogen and oxygen atoms in total. The molecule has 0 saturated heterocycles. The van der Waals surface area contributed by atoms with Crippen LogP contribution in [0, 0.1) is 11.8 Å². The summed E-state index contributed by atoms with van der Waals surface area (Å²) < 4.78 is 0. The Labute approximate surface area is 183 Å². The summed E-state index contributed by atoms with van der Waals surface area (Å²) in [6.07, 6.45) is 0.954. The van der Waals surface area contributed by atoms with Gasteiger partial charge in [-0.25, -0.2) is 0 Å². The van der Waals surface area contributed by atoms with Crippen molar-refractivity contribution in [3.05, 3.63) is 0 Å². The summed E-state index contributed by atoms with van der Waals surface area (Å²) in [5, 5.41) is 16.5. The zero-order chi connectivity index (χ0) is 24.3. The van der Waals surface area contributed by atoms with Gasteiger partial charge in [0.05, 0.1) is 6.04 Å². The highest BCUT2D eigenvalue weighted by atomic mass is 16.4. The number of rotatable bonds is 14. The molecule has 0 spiro atoms. The van der Waals surface area contributed by atoms with E-state index in [1.54, 1.807) is 13.8 Å². The first kappa shape index (κ1) is 28.3. The molecule has 0 aromatic carbocycles. The first-order chi connectivity index (χ1) is 14.3. The van der Waals surface area contributed by atoms with Gasteiger partial charge in [0, 0.05) is 6.42 Å². The monoisotopic (exact) mass is 443 g/mol. The molecule has 0 aromatic rings. The fourth-order valence-corrected chi connectivity index (χ4v) is 2.66. The van der Waals surface area contributed by atoms with Gasteiger partial charge in [-0.1, -0.05) is 40.5 Å². The number of carboxylic acids is 1. The Bertz CT molecular complexity index is 656. The van der Waals surface area contributed by atoms with Crippen molar-refractivity contribution < 1.29 is 29.1 Å². The van der Waals surface area contributed by atoms with E-state index in [1.807, 2.05) is 13.8 Å². The minimum absolute atomic E-state index is 0.0689. The number of amides is 4. The van der Waals surface area contributed by atoms with Gasteiger partial charge in [0.25, 0.3) is 0 Å². The molecule has 11 heteroatoms. The highest BCUT2D eigenvalue weighted by molar-refractivity contribution is 5.94. The van der Waals surface area contributed by atoms with Gasteiger partial charge >= 0.3 is 5.97 Å². The second-order valence-electron chi connectivity index (χ2n) is 7.92. The summed E-state index contributed by atoms with van der Waals surface area (Å²) in [5.41, 5.74) is 11.1. The van der Waals surface area contributed by atoms with E-state index < -0.39 is 53.8 Å². The average Bonchev–Trinajstić information content (AvgIpc) is 2.72. The van der Waals surface area contributed by atoms with E-state index in [0.29, 0.717) is 12.8 Å². The number of primary amides is 1. The lowest BCUT2D eigenvalue weighted by Gasteiger charge is -2.28. The maximum Gasteiger partial charge on any atom is 0.325 e. The largest absolute Gasteiger partial charge is 0.480 e. The van der Waals surface area contributed by atoms with E-state index >= 15 is 0 Å². The normalized spacial score (nSPS) is 16.7. The Morgan fingerprint density at radius 3 is 1.84 bits per heavy atom. The molecular formula is C20H37N5O6. The van der Waals surface area contributed by atoms with Crippen molar-refractivity contribution in [3.8, 4) is 0 Å². The third kappa shape index (κ3) is 9.77. The number of aliphatic carboxylic acids is 1. The molecule has 178 valence electrons. The number of carbonyl (C=O) groups is 5. The highest BCUT2D eigenvalue weighted by Crippen LogP contribution is 2.11. The molecule has 0 saturated carbocycles. The predicted octanol–water partition coefficient (Wildman–Crippen LogP) is -0.770. The van der Waals surface area contributed by atoms with Crippen LogP contribution >= 0.6 is 0 Å². The van der Waals surface area contributed by atoms with E-state index in [1.165, 1.54) is 6.92 Å². The summed E-state index contributed by atoms with van der Waals surface area (Å²) in [4.78, 5) is 60.2. The van der Waals surface area contributed by atoms with E-state index in [-0.39, 0.29) is 24.7 Å². The number of hydrogen-bond donors (Lipinski definition) is 6. The van der Waals surface area contributed by atoms with Gasteiger partial charge in [-0.2, -0.15) is 0 Å². The van der Waals surface area contributed by atoms with Crippen LogP contribution in [0.2, 0.25) is 0 Å². The molecule has 0 rings (SSSR count). The van der Waals surface area contributed by atoms with Crippen LogP contribution in [0.25, 0.3) is 0 Å². The molecule has 8 N–H and O–H groups in total. The van der Waals surface area contributed by atoms with E-state index in [4.69, 9.17) is 16.6 Å². The molecule has 0 bridgehead atoms. The van der Waals surface area contributed by atoms with E-state index in [0.717, 1.165) is 0 Å². The standard InChI is InChI=1S/C20H37N5O6/c1-6-10(3)15(22)18(28)24-13(8-9-14(21)26)17(27)25-16(11(4)7-2)19(29)23-12(5)20(30)31/h10-13,15-16H,6-9,22H2,1-5H3,(H2,21,26)(H,23,29)(H,24,28)(H,25,27)(H,30,31). The molecule has 6 unspecified atom stereocenters. The van der Waals surface area contributed by atoms with Crippen LogP contribution in [-0.2, 0) is 24.0 Å². The summed E-state index contributed by atoms with van der Waals surface area (Å²) in [7, 11) is 0. The summed E-state index contributed by atoms with van der Waals surface area (Å²) in [6.45, 7) is 8.53. The van der Waals surface area contributed by atoms with Gasteiger partial charge in [0.15, 0.2) is 0 Å². The van der Waals surface area contributed by atoms with E-state index in [2.05, 4.69) is 16.0 Å². The summed E-state index contributed by atoms with van der Waals surface area (Å²) in [6, 6.07) is -4.16. The summed E-state index contributed by atoms with van der Waals surface area (Å²) >= 11 is 0. The van der Waals surface area contributed by atoms with Crippen LogP contribution in [-0.4, -0.2) is 58.9 Å². The molecule has 4 amide bonds. The number of hydrogen-bond acceptors (Lipinski definition) is 6. The number of nitrogens with two attached hydrogens (primary N) is 2. The number of nitrogens with one attached hydrogen (secondary N) is 3. The molecule has 0 aliphatic heterocycles. The van der Waals surface area contributed by atoms with Gasteiger partial charge < -0.3 is 32.5 Å². The Morgan fingerprint density at radius 1 is 0.839 bits per heavy atom. The van der Waals surface area contributed by atoms with Crippen molar-refractivity contribution in [2.45, 2.75) is 84.5 Å². The molecule has 0 aliphatic carbocycles. The van der Waals surface area contributed by atoms with Crippen LogP contribution in [0.5, 0.6) is 0 Å². The molecule has 0 heterocycles. The van der Waals surface area contributed by atoms with E-state index in [9.17, 15) is 24.0 Å². The van der Waals surface area contributed by atoms with Crippen molar-refractivity contribution in [2.24, 2.45) is 23.3 Å². The zero-order valence-electron chi connectivity index (χ0n) is 18.9. The molecule has 0 aliphatic rings. The predicted molar refractivity (Wildman–Crippen MR) is 114 cm³/mol. The van der Waals surface area contributed by atoms with Crippen LogP contribution in [0.15, 0.2) is 0 Å². The third-order valence-electron chi connectivity index (χ3n) is 5.39. The van der Waals surface area contributed by atoms with Crippen molar-refractivity contribution in [3.63, 3.8) is 0 Å². The van der Waals surface area contributed by atoms with Gasteiger partial charge in [0.1, 0.15) is 18.1 Å². The smallest absolute Gasteiger partial charge is 0.325 e. The minimum atomic E-state index is -1.21. The third-order valence-corrected chi connectivity index (χ3v) is 5.39. The minimum Gasteiger partial charge on any atom is -0.480 e. The van der Waals surface area contributed by atoms with Crippen molar-refractivity contribution >= 4 is 29.6 Å². The van der Waals surface area contributed by atoms with Gasteiger partial charge in [-0.05, 0) is 25.2 Å². The molecule has 6 atom stereocenters. The molecule has 0 fully saturated rings. The van der Waals surface area contributed by atoms with Gasteiger partial charge in [-0.3, -0.25) is 24.0 Å². The molecule has 31 heavy (non-hydrogen) atoms. The SMILES string of the molecule is CCC(C)C(N)C(=O)NC(CCC(N)=O)C(=O)NC(C(=O)NC(C)C(=O)O)C(C)CC. The first-order valence-corrected chi connectivity index (χ1v) is 10.5. The van der Waals surface area contributed by atoms with Crippen molar-refractivity contribution in [2.75, 3.05) is 0 Å². The molecule has 0 aromatic heterocycles. The fraction of sp³-hybridized carbons (Fsp3) is 0.750. The Morgan fingerprint density at radius 2 is 1.39 bits per heavy atom. The zero-order valence-corrected chi connectivity index (χ0v) is 18.9. The molecule has 0 radical (unpaired) electrons. The fourth-order valence-electron chi connectivity index (χ4n) is 2.66. The maximum absolute atomic E-state index is 12.9. The number of carboxylic acid groups (broad SMARTS) is 1. The number of carbonyl (C=O) groups excluding carboxylic acids is 4. The van der Waals surface area contributed by atoms with Gasteiger partial charge in [0.2, 0.25) is 23.6 Å². The van der Waals surface area contributed by atoms with Crippen molar-refractivity contribution in [1.82, 2.24) is 16.0 Å². The van der Waals surface area contributed by atoms with Crippen LogP contribution in [0.4, 0.5) is 0 Å². The Hall–Kier alpha value is -2.69. The lowest BCUT2D eigenvalue weighted by Crippen LogP contribution is -2.58. The first-order valence-electron chi connectivity index (χ1n) is 10.5. The lowest BCUT2D eigenvalue weighted by molar-refractivity contribution is -0.142. The van der Waals surface area contributed by atoms with Crippen LogP contribution in [0.1, 0.15) is 60.3 Å². The second kappa shape index (κ2) is 13.6. The second-order valence-corrected chi connectivity index (χ2v) is 7.92. The van der Waals surface area contributed by atoms with Crippen LogP contribution in [0.3, 0.4) is 0 Å². The van der Waals surface area contributed by atoms with Crippen molar-refractivity contribution in [1.29, 1.82) is 0 Å². The van der Waals surface area contributed by atoms with Crippen LogP contribution < -0.4 is 27.4 Å². The Balaban J connectivity index is 5.51. The Kier molecular flexibility index (Phi) is 12.4. The quantitative estimate of drug-likeness (QED) is 0.203. The highest BCUT2D eigenvalue weighted by Gasteiger charge is 2.32. The maximum atomic E-state index is 12.9. The summed E-state index contributed by atoms with van der Waals surface area (Å²) in [5.74, 6) is -4.21. The average molecular weight is 444 g/mol. The molecular weight excluding hydrogens is 406 g/mol.